The molecule has 2 aromatic carbocycles. The van der Waals surface area contributed by atoms with E-state index in [1.165, 1.54) is 12.1 Å². The van der Waals surface area contributed by atoms with Crippen LogP contribution in [-0.4, -0.2) is 24.8 Å². The Balaban J connectivity index is 1.77. The van der Waals surface area contributed by atoms with Crippen LogP contribution >= 0.6 is 0 Å². The number of halogens is 1. The largest absolute Gasteiger partial charge is 0.329 e. The van der Waals surface area contributed by atoms with Gasteiger partial charge in [-0.15, -0.1) is 0 Å². The summed E-state index contributed by atoms with van der Waals surface area (Å²) in [6.07, 6.45) is 0. The molecule has 0 fully saturated rings. The highest BCUT2D eigenvalue weighted by atomic mass is 19.1. The van der Waals surface area contributed by atoms with Gasteiger partial charge in [0, 0.05) is 18.7 Å². The highest BCUT2D eigenvalue weighted by Crippen LogP contribution is 2.40. The van der Waals surface area contributed by atoms with Gasteiger partial charge in [-0.3, -0.25) is 13.9 Å². The molecule has 1 aliphatic rings. The molecule has 5 rings (SSSR count). The third kappa shape index (κ3) is 2.60. The second kappa shape index (κ2) is 6.41. The molecule has 3 heterocycles. The monoisotopic (exact) mass is 405 g/mol. The molecule has 0 atom stereocenters. The first-order chi connectivity index (χ1) is 14.3. The normalized spacial score (nSPS) is 13.3. The molecular formula is C22H20FN5O2. The number of aromatic nitrogens is 4. The van der Waals surface area contributed by atoms with E-state index in [4.69, 9.17) is 0 Å². The Hall–Kier alpha value is -3.68. The van der Waals surface area contributed by atoms with Crippen molar-refractivity contribution in [2.24, 2.45) is 7.05 Å². The molecule has 1 N–H and O–H groups in total. The van der Waals surface area contributed by atoms with Crippen LogP contribution in [0.4, 0.5) is 10.2 Å². The molecule has 2 aromatic heterocycles. The fraction of sp³-hybridized carbons (Fsp3) is 0.227. The first-order valence-electron chi connectivity index (χ1n) is 9.73. The first-order valence-corrected chi connectivity index (χ1v) is 9.73. The van der Waals surface area contributed by atoms with Gasteiger partial charge in [0.1, 0.15) is 23.9 Å². The average molecular weight is 405 g/mol. The van der Waals surface area contributed by atoms with Crippen molar-refractivity contribution in [3.05, 3.63) is 58.8 Å². The Labute approximate surface area is 171 Å². The maximum Gasteiger partial charge on any atom is 0.329 e. The summed E-state index contributed by atoms with van der Waals surface area (Å²) in [6.45, 7) is 4.08. The molecule has 4 aromatic rings. The van der Waals surface area contributed by atoms with Crippen molar-refractivity contribution in [3.63, 3.8) is 0 Å². The predicted octanol–water partition coefficient (Wildman–Crippen LogP) is 3.54. The molecule has 30 heavy (non-hydrogen) atoms. The molecule has 0 radical (unpaired) electrons. The van der Waals surface area contributed by atoms with Crippen LogP contribution in [0.3, 0.4) is 0 Å². The zero-order valence-electron chi connectivity index (χ0n) is 16.8. The van der Waals surface area contributed by atoms with E-state index in [0.717, 1.165) is 27.7 Å². The van der Waals surface area contributed by atoms with Crippen LogP contribution in [-0.2, 0) is 18.4 Å². The van der Waals surface area contributed by atoms with Crippen LogP contribution in [0.15, 0.2) is 47.3 Å². The molecule has 0 unspecified atom stereocenters. The Kier molecular flexibility index (Phi) is 3.92. The van der Waals surface area contributed by atoms with Crippen LogP contribution in [0.5, 0.6) is 0 Å². The van der Waals surface area contributed by atoms with Gasteiger partial charge in [-0.05, 0) is 55.8 Å². The number of nitrogens with one attached hydrogen (secondary N) is 1. The van der Waals surface area contributed by atoms with Crippen molar-refractivity contribution in [2.45, 2.75) is 26.4 Å². The fourth-order valence-corrected chi connectivity index (χ4v) is 4.11. The quantitative estimate of drug-likeness (QED) is 0.567. The van der Waals surface area contributed by atoms with E-state index in [9.17, 15) is 14.0 Å². The van der Waals surface area contributed by atoms with Crippen LogP contribution in [0.1, 0.15) is 19.9 Å². The summed E-state index contributed by atoms with van der Waals surface area (Å²) >= 11 is 0. The summed E-state index contributed by atoms with van der Waals surface area (Å²) in [5.41, 5.74) is 4.53. The van der Waals surface area contributed by atoms with Crippen LogP contribution < -0.4 is 11.0 Å². The summed E-state index contributed by atoms with van der Waals surface area (Å²) in [6, 6.07) is 11.9. The number of hydrogen-bond acceptors (Lipinski definition) is 3. The van der Waals surface area contributed by atoms with Crippen LogP contribution in [0.25, 0.3) is 33.4 Å². The standard InChI is InChI=1S/C22H20FN5O2/c1-12(2)28-16-9-6-14(10-17(16)26(3)22(28)30)19-20(13-4-7-15(23)8-5-13)25-27-11-18(29)24-21(19)27/h4-10,12H,11H2,1-3H3,(H,24,29). The molecule has 0 saturated carbocycles. The van der Waals surface area contributed by atoms with E-state index in [-0.39, 0.29) is 30.0 Å². The fourth-order valence-electron chi connectivity index (χ4n) is 4.11. The van der Waals surface area contributed by atoms with E-state index < -0.39 is 0 Å². The number of amides is 1. The molecule has 0 aliphatic carbocycles. The lowest BCUT2D eigenvalue weighted by Crippen LogP contribution is -2.23. The summed E-state index contributed by atoms with van der Waals surface area (Å²) in [5, 5.41) is 7.49. The van der Waals surface area contributed by atoms with Crippen LogP contribution in [0, 0.1) is 5.82 Å². The lowest BCUT2D eigenvalue weighted by Gasteiger charge is -2.09. The number of carbonyl (C=O) groups is 1. The zero-order valence-corrected chi connectivity index (χ0v) is 16.8. The number of benzene rings is 2. The minimum absolute atomic E-state index is 0.0292. The number of nitrogens with zero attached hydrogens (tertiary/aromatic N) is 4. The number of hydrogen-bond donors (Lipinski definition) is 1. The number of fused-ring (bicyclic) bond motifs is 2. The third-order valence-corrected chi connectivity index (χ3v) is 5.52. The molecule has 152 valence electrons. The van der Waals surface area contributed by atoms with Crippen molar-refractivity contribution in [2.75, 3.05) is 5.32 Å². The van der Waals surface area contributed by atoms with Gasteiger partial charge in [0.2, 0.25) is 5.91 Å². The zero-order chi connectivity index (χ0) is 21.2. The van der Waals surface area contributed by atoms with Gasteiger partial charge in [-0.25, -0.2) is 13.9 Å². The highest BCUT2D eigenvalue weighted by molar-refractivity contribution is 6.02. The topological polar surface area (TPSA) is 73.8 Å². The second-order valence-corrected chi connectivity index (χ2v) is 7.79. The SMILES string of the molecule is CC(C)n1c(=O)n(C)c2cc(-c3c(-c4ccc(F)cc4)nn4c3NC(=O)C4)ccc21. The minimum atomic E-state index is -0.327. The summed E-state index contributed by atoms with van der Waals surface area (Å²) in [7, 11) is 1.75. The number of aryl methyl sites for hydroxylation is 1. The van der Waals surface area contributed by atoms with Gasteiger partial charge in [-0.2, -0.15) is 5.10 Å². The van der Waals surface area contributed by atoms with Gasteiger partial charge >= 0.3 is 5.69 Å². The van der Waals surface area contributed by atoms with Crippen molar-refractivity contribution < 1.29 is 9.18 Å². The van der Waals surface area contributed by atoms with Gasteiger partial charge in [0.15, 0.2) is 0 Å². The Morgan fingerprint density at radius 3 is 2.43 bits per heavy atom. The van der Waals surface area contributed by atoms with Crippen molar-refractivity contribution >= 4 is 22.8 Å². The molecule has 0 spiro atoms. The Morgan fingerprint density at radius 1 is 1.03 bits per heavy atom. The lowest BCUT2D eigenvalue weighted by atomic mass is 10.00. The number of imidazole rings is 1. The van der Waals surface area contributed by atoms with Crippen molar-refractivity contribution in [1.82, 2.24) is 18.9 Å². The molecule has 0 saturated heterocycles. The summed E-state index contributed by atoms with van der Waals surface area (Å²) in [5.74, 6) is 0.141. The number of anilines is 1. The molecule has 1 aliphatic heterocycles. The third-order valence-electron chi connectivity index (χ3n) is 5.52. The van der Waals surface area contributed by atoms with E-state index >= 15 is 0 Å². The van der Waals surface area contributed by atoms with Gasteiger partial charge in [-0.1, -0.05) is 6.07 Å². The molecular weight excluding hydrogens is 385 g/mol. The minimum Gasteiger partial charge on any atom is -0.309 e. The maximum absolute atomic E-state index is 13.4. The predicted molar refractivity (Wildman–Crippen MR) is 113 cm³/mol. The average Bonchev–Trinajstić information content (AvgIpc) is 3.31. The Bertz CT molecular complexity index is 1380. The lowest BCUT2D eigenvalue weighted by molar-refractivity contribution is -0.115. The van der Waals surface area contributed by atoms with Crippen molar-refractivity contribution in [1.29, 1.82) is 0 Å². The van der Waals surface area contributed by atoms with Crippen LogP contribution in [0.2, 0.25) is 0 Å². The van der Waals surface area contributed by atoms with E-state index in [2.05, 4.69) is 10.4 Å². The van der Waals surface area contributed by atoms with Gasteiger partial charge in [0.05, 0.1) is 16.6 Å². The first kappa shape index (κ1) is 18.4. The highest BCUT2D eigenvalue weighted by Gasteiger charge is 2.28. The Morgan fingerprint density at radius 2 is 1.73 bits per heavy atom. The molecule has 8 heteroatoms. The number of carbonyl (C=O) groups excluding carboxylic acids is 1. The smallest absolute Gasteiger partial charge is 0.309 e. The molecule has 1 amide bonds. The molecule has 0 bridgehead atoms. The van der Waals surface area contributed by atoms with Gasteiger partial charge < -0.3 is 5.32 Å². The number of rotatable bonds is 3. The van der Waals surface area contributed by atoms with E-state index in [1.807, 2.05) is 32.0 Å². The summed E-state index contributed by atoms with van der Waals surface area (Å²) < 4.78 is 18.4. The van der Waals surface area contributed by atoms with Crippen molar-refractivity contribution in [3.8, 4) is 22.4 Å². The second-order valence-electron chi connectivity index (χ2n) is 7.79. The van der Waals surface area contributed by atoms with Gasteiger partial charge in [0.25, 0.3) is 0 Å². The maximum atomic E-state index is 13.4. The summed E-state index contributed by atoms with van der Waals surface area (Å²) in [4.78, 5) is 24.7. The van der Waals surface area contributed by atoms with E-state index in [0.29, 0.717) is 11.5 Å². The van der Waals surface area contributed by atoms with E-state index in [1.54, 1.807) is 33.0 Å². The molecule has 7 nitrogen and oxygen atoms in total.